The molecule has 0 unspecified atom stereocenters. The molecule has 0 aliphatic carbocycles. The van der Waals surface area contributed by atoms with Crippen molar-refractivity contribution in [3.8, 4) is 6.07 Å². The van der Waals surface area contributed by atoms with Gasteiger partial charge in [0, 0.05) is 24.2 Å². The van der Waals surface area contributed by atoms with E-state index in [0.717, 1.165) is 36.7 Å². The van der Waals surface area contributed by atoms with Gasteiger partial charge in [0.05, 0.1) is 11.6 Å². The molecule has 2 aromatic carbocycles. The number of benzene rings is 2. The number of rotatable bonds is 4. The molecule has 2 aromatic rings. The van der Waals surface area contributed by atoms with Crippen LogP contribution in [-0.4, -0.2) is 30.2 Å². The predicted octanol–water partition coefficient (Wildman–Crippen LogP) is 4.26. The Balaban J connectivity index is 1.73. The molecule has 3 rings (SSSR count). The maximum Gasteiger partial charge on any atom is 0.254 e. The monoisotopic (exact) mass is 360 g/mol. The molecule has 0 bridgehead atoms. The molecule has 1 aliphatic heterocycles. The molecule has 27 heavy (non-hydrogen) atoms. The summed E-state index contributed by atoms with van der Waals surface area (Å²) in [6.07, 6.45) is 3.41. The van der Waals surface area contributed by atoms with Gasteiger partial charge in [0.15, 0.2) is 0 Å². The number of likely N-dealkylation sites (tertiary alicyclic amines) is 1. The highest BCUT2D eigenvalue weighted by molar-refractivity contribution is 5.97. The minimum absolute atomic E-state index is 0.0215. The molecule has 0 spiro atoms. The lowest BCUT2D eigenvalue weighted by atomic mass is 9.88. The van der Waals surface area contributed by atoms with Crippen LogP contribution in [0.5, 0.6) is 0 Å². The van der Waals surface area contributed by atoms with Gasteiger partial charge in [0.1, 0.15) is 6.29 Å². The van der Waals surface area contributed by atoms with Gasteiger partial charge in [-0.1, -0.05) is 25.1 Å². The van der Waals surface area contributed by atoms with Crippen LogP contribution in [-0.2, 0) is 6.42 Å². The first kappa shape index (κ1) is 18.8. The van der Waals surface area contributed by atoms with Gasteiger partial charge in [-0.05, 0) is 67.0 Å². The Morgan fingerprint density at radius 1 is 1.22 bits per heavy atom. The largest absolute Gasteiger partial charge is 0.339 e. The zero-order valence-electron chi connectivity index (χ0n) is 15.9. The standard InChI is InChI=1S/C23H24N2O2/c1-3-18-12-16(2)21(15-26)13-22(18)23(27)25-10-8-20(9-11-25)19-6-4-17(14-24)5-7-19/h4-7,12-13,15,20H,3,8-11H2,1-2H3. The van der Waals surface area contributed by atoms with E-state index in [4.69, 9.17) is 5.26 Å². The molecule has 4 nitrogen and oxygen atoms in total. The van der Waals surface area contributed by atoms with Crippen molar-refractivity contribution >= 4 is 12.2 Å². The first-order chi connectivity index (χ1) is 13.1. The number of piperidine rings is 1. The SMILES string of the molecule is CCc1cc(C)c(C=O)cc1C(=O)N1CCC(c2ccc(C#N)cc2)CC1. The third-order valence-corrected chi connectivity index (χ3v) is 5.52. The van der Waals surface area contributed by atoms with Gasteiger partial charge >= 0.3 is 0 Å². The van der Waals surface area contributed by atoms with Gasteiger partial charge in [-0.2, -0.15) is 5.26 Å². The first-order valence-electron chi connectivity index (χ1n) is 9.45. The normalized spacial score (nSPS) is 14.6. The van der Waals surface area contributed by atoms with E-state index in [9.17, 15) is 9.59 Å². The average Bonchev–Trinajstić information content (AvgIpc) is 2.73. The lowest BCUT2D eigenvalue weighted by Gasteiger charge is -2.33. The van der Waals surface area contributed by atoms with Crippen LogP contribution >= 0.6 is 0 Å². The molecule has 0 aromatic heterocycles. The van der Waals surface area contributed by atoms with Gasteiger partial charge < -0.3 is 4.90 Å². The Bertz CT molecular complexity index is 886. The van der Waals surface area contributed by atoms with Gasteiger partial charge in [-0.25, -0.2) is 0 Å². The van der Waals surface area contributed by atoms with Crippen molar-refractivity contribution in [2.45, 2.75) is 39.0 Å². The third kappa shape index (κ3) is 3.93. The molecule has 4 heteroatoms. The maximum atomic E-state index is 13.1. The Morgan fingerprint density at radius 3 is 2.44 bits per heavy atom. The minimum atomic E-state index is 0.0215. The fraction of sp³-hybridized carbons (Fsp3) is 0.348. The van der Waals surface area contributed by atoms with Crippen molar-refractivity contribution in [1.29, 1.82) is 5.26 Å². The molecule has 138 valence electrons. The molecule has 0 saturated carbocycles. The van der Waals surface area contributed by atoms with Crippen LogP contribution in [0.15, 0.2) is 36.4 Å². The highest BCUT2D eigenvalue weighted by atomic mass is 16.2. The number of aldehydes is 1. The lowest BCUT2D eigenvalue weighted by Crippen LogP contribution is -2.38. The smallest absolute Gasteiger partial charge is 0.254 e. The van der Waals surface area contributed by atoms with Gasteiger partial charge in [-0.15, -0.1) is 0 Å². The summed E-state index contributed by atoms with van der Waals surface area (Å²) in [6.45, 7) is 5.34. The second-order valence-electron chi connectivity index (χ2n) is 7.14. The molecular formula is C23H24N2O2. The lowest BCUT2D eigenvalue weighted by molar-refractivity contribution is 0.0712. The molecule has 0 radical (unpaired) electrons. The van der Waals surface area contributed by atoms with Crippen LogP contribution in [0.2, 0.25) is 0 Å². The summed E-state index contributed by atoms with van der Waals surface area (Å²) < 4.78 is 0. The van der Waals surface area contributed by atoms with Crippen LogP contribution in [0, 0.1) is 18.3 Å². The summed E-state index contributed by atoms with van der Waals surface area (Å²) in [5.74, 6) is 0.434. The summed E-state index contributed by atoms with van der Waals surface area (Å²) >= 11 is 0. The summed E-state index contributed by atoms with van der Waals surface area (Å²) in [4.78, 5) is 26.2. The Kier molecular flexibility index (Phi) is 5.71. The quantitative estimate of drug-likeness (QED) is 0.765. The van der Waals surface area contributed by atoms with Crippen molar-refractivity contribution in [3.63, 3.8) is 0 Å². The van der Waals surface area contributed by atoms with Crippen LogP contribution < -0.4 is 0 Å². The van der Waals surface area contributed by atoms with Crippen molar-refractivity contribution in [2.75, 3.05) is 13.1 Å². The fourth-order valence-corrected chi connectivity index (χ4v) is 3.82. The number of hydrogen-bond acceptors (Lipinski definition) is 3. The van der Waals surface area contributed by atoms with Crippen LogP contribution in [0.4, 0.5) is 0 Å². The molecule has 1 fully saturated rings. The van der Waals surface area contributed by atoms with E-state index in [0.29, 0.717) is 35.7 Å². The average molecular weight is 360 g/mol. The summed E-state index contributed by atoms with van der Waals surface area (Å²) in [5.41, 5.74) is 5.05. The number of nitrogens with zero attached hydrogens (tertiary/aromatic N) is 2. The van der Waals surface area contributed by atoms with Crippen LogP contribution in [0.25, 0.3) is 0 Å². The van der Waals surface area contributed by atoms with Crippen molar-refractivity contribution in [3.05, 3.63) is 69.8 Å². The van der Waals surface area contributed by atoms with Crippen LogP contribution in [0.3, 0.4) is 0 Å². The van der Waals surface area contributed by atoms with E-state index in [1.807, 2.05) is 49.1 Å². The Labute approximate surface area is 160 Å². The van der Waals surface area contributed by atoms with Gasteiger partial charge in [0.2, 0.25) is 0 Å². The van der Waals surface area contributed by atoms with Crippen molar-refractivity contribution in [1.82, 2.24) is 4.90 Å². The highest BCUT2D eigenvalue weighted by Gasteiger charge is 2.26. The molecular weight excluding hydrogens is 336 g/mol. The number of carbonyl (C=O) groups is 2. The second kappa shape index (κ2) is 8.18. The zero-order valence-corrected chi connectivity index (χ0v) is 15.9. The third-order valence-electron chi connectivity index (χ3n) is 5.52. The summed E-state index contributed by atoms with van der Waals surface area (Å²) in [6, 6.07) is 13.6. The molecule has 1 saturated heterocycles. The molecule has 1 aliphatic rings. The predicted molar refractivity (Wildman–Crippen MR) is 105 cm³/mol. The number of nitriles is 1. The van der Waals surface area contributed by atoms with E-state index in [1.54, 1.807) is 6.07 Å². The van der Waals surface area contributed by atoms with E-state index < -0.39 is 0 Å². The zero-order chi connectivity index (χ0) is 19.4. The topological polar surface area (TPSA) is 61.2 Å². The van der Waals surface area contributed by atoms with Crippen molar-refractivity contribution in [2.24, 2.45) is 0 Å². The van der Waals surface area contributed by atoms with Gasteiger partial charge in [0.25, 0.3) is 5.91 Å². The Hall–Kier alpha value is -2.93. The number of aryl methyl sites for hydroxylation is 2. The Morgan fingerprint density at radius 2 is 1.89 bits per heavy atom. The molecule has 1 heterocycles. The minimum Gasteiger partial charge on any atom is -0.339 e. The molecule has 0 atom stereocenters. The number of carbonyl (C=O) groups excluding carboxylic acids is 2. The second-order valence-corrected chi connectivity index (χ2v) is 7.14. The maximum absolute atomic E-state index is 13.1. The van der Waals surface area contributed by atoms with Crippen LogP contribution in [0.1, 0.15) is 68.7 Å². The highest BCUT2D eigenvalue weighted by Crippen LogP contribution is 2.29. The van der Waals surface area contributed by atoms with Crippen molar-refractivity contribution < 1.29 is 9.59 Å². The van der Waals surface area contributed by atoms with E-state index in [1.165, 1.54) is 5.56 Å². The summed E-state index contributed by atoms with van der Waals surface area (Å²) in [5, 5.41) is 8.92. The number of amides is 1. The van der Waals surface area contributed by atoms with E-state index in [2.05, 4.69) is 6.07 Å². The molecule has 1 amide bonds. The first-order valence-corrected chi connectivity index (χ1v) is 9.45. The van der Waals surface area contributed by atoms with E-state index in [-0.39, 0.29) is 5.91 Å². The molecule has 0 N–H and O–H groups in total. The summed E-state index contributed by atoms with van der Waals surface area (Å²) in [7, 11) is 0. The van der Waals surface area contributed by atoms with E-state index >= 15 is 0 Å². The number of hydrogen-bond donors (Lipinski definition) is 0. The fourth-order valence-electron chi connectivity index (χ4n) is 3.82. The van der Waals surface area contributed by atoms with Gasteiger partial charge in [-0.3, -0.25) is 9.59 Å².